The Balaban J connectivity index is 1.58. The molecular formula is C22H33N3O3. The number of nitrogens with zero attached hydrogens (tertiary/aromatic N) is 2. The van der Waals surface area contributed by atoms with Crippen LogP contribution in [0.1, 0.15) is 45.2 Å². The van der Waals surface area contributed by atoms with E-state index in [1.165, 1.54) is 5.56 Å². The zero-order valence-electron chi connectivity index (χ0n) is 17.5. The van der Waals surface area contributed by atoms with Crippen LogP contribution in [0.25, 0.3) is 0 Å². The highest BCUT2D eigenvalue weighted by Gasteiger charge is 2.35. The summed E-state index contributed by atoms with van der Waals surface area (Å²) in [5, 5.41) is 3.06. The van der Waals surface area contributed by atoms with E-state index in [1.54, 1.807) is 4.90 Å². The summed E-state index contributed by atoms with van der Waals surface area (Å²) < 4.78 is 5.82. The van der Waals surface area contributed by atoms with E-state index in [1.807, 2.05) is 26.0 Å². The highest BCUT2D eigenvalue weighted by molar-refractivity contribution is 5.89. The molecule has 1 N–H and O–H groups in total. The van der Waals surface area contributed by atoms with Gasteiger partial charge < -0.3 is 15.0 Å². The largest absolute Gasteiger partial charge is 0.373 e. The lowest BCUT2D eigenvalue weighted by Gasteiger charge is -2.35. The van der Waals surface area contributed by atoms with Gasteiger partial charge >= 0.3 is 0 Å². The number of carbonyl (C=O) groups excluding carboxylic acids is 2. The van der Waals surface area contributed by atoms with Crippen LogP contribution in [0, 0.1) is 5.92 Å². The van der Waals surface area contributed by atoms with Gasteiger partial charge in [-0.05, 0) is 38.8 Å². The molecule has 0 spiro atoms. The first kappa shape index (κ1) is 20.8. The molecule has 2 aliphatic heterocycles. The normalized spacial score (nSPS) is 26.1. The van der Waals surface area contributed by atoms with Crippen LogP contribution in [-0.4, -0.2) is 59.5 Å². The molecule has 2 aliphatic rings. The first-order chi connectivity index (χ1) is 13.3. The molecule has 1 aromatic rings. The van der Waals surface area contributed by atoms with Crippen molar-refractivity contribution in [2.24, 2.45) is 5.92 Å². The van der Waals surface area contributed by atoms with E-state index >= 15 is 0 Å². The summed E-state index contributed by atoms with van der Waals surface area (Å²) in [4.78, 5) is 28.9. The molecule has 0 radical (unpaired) electrons. The number of morpholine rings is 1. The van der Waals surface area contributed by atoms with E-state index in [4.69, 9.17) is 4.74 Å². The van der Waals surface area contributed by atoms with Crippen molar-refractivity contribution in [1.82, 2.24) is 15.1 Å². The van der Waals surface area contributed by atoms with E-state index in [0.29, 0.717) is 19.5 Å². The van der Waals surface area contributed by atoms with Gasteiger partial charge in [0.2, 0.25) is 11.8 Å². The lowest BCUT2D eigenvalue weighted by atomic mass is 10.0. The standard InChI is InChI=1S/C22H33N3O3/c1-15(2)25-14-20(9-21(25)26)22(27)23-10-18-7-5-6-8-19(18)13-24-11-16(3)28-17(4)12-24/h5-8,15-17,20H,9-14H2,1-4H3,(H,23,27). The highest BCUT2D eigenvalue weighted by Crippen LogP contribution is 2.21. The highest BCUT2D eigenvalue weighted by atomic mass is 16.5. The zero-order chi connectivity index (χ0) is 20.3. The van der Waals surface area contributed by atoms with Gasteiger partial charge in [-0.1, -0.05) is 24.3 Å². The molecule has 2 heterocycles. The van der Waals surface area contributed by atoms with Crippen molar-refractivity contribution in [3.05, 3.63) is 35.4 Å². The third-order valence-electron chi connectivity index (χ3n) is 5.61. The number of carbonyl (C=O) groups is 2. The van der Waals surface area contributed by atoms with Gasteiger partial charge in [0.05, 0.1) is 18.1 Å². The first-order valence-corrected chi connectivity index (χ1v) is 10.3. The third-order valence-corrected chi connectivity index (χ3v) is 5.61. The Morgan fingerprint density at radius 1 is 1.14 bits per heavy atom. The number of hydrogen-bond donors (Lipinski definition) is 1. The Kier molecular flexibility index (Phi) is 6.73. The lowest BCUT2D eigenvalue weighted by molar-refractivity contribution is -0.130. The lowest BCUT2D eigenvalue weighted by Crippen LogP contribution is -2.45. The topological polar surface area (TPSA) is 61.9 Å². The molecule has 2 amide bonds. The van der Waals surface area contributed by atoms with Gasteiger partial charge in [-0.15, -0.1) is 0 Å². The van der Waals surface area contributed by atoms with Gasteiger partial charge in [0.15, 0.2) is 0 Å². The molecule has 0 aromatic heterocycles. The van der Waals surface area contributed by atoms with Crippen molar-refractivity contribution >= 4 is 11.8 Å². The van der Waals surface area contributed by atoms with Gasteiger partial charge in [0, 0.05) is 45.2 Å². The van der Waals surface area contributed by atoms with Crippen LogP contribution in [-0.2, 0) is 27.4 Å². The minimum atomic E-state index is -0.247. The molecule has 6 nitrogen and oxygen atoms in total. The minimum Gasteiger partial charge on any atom is -0.373 e. The van der Waals surface area contributed by atoms with Crippen LogP contribution in [0.5, 0.6) is 0 Å². The Hall–Kier alpha value is -1.92. The van der Waals surface area contributed by atoms with Crippen molar-refractivity contribution in [2.75, 3.05) is 19.6 Å². The SMILES string of the molecule is CC1CN(Cc2ccccc2CNC(=O)C2CC(=O)N(C(C)C)C2)CC(C)O1. The van der Waals surface area contributed by atoms with Crippen LogP contribution in [0.15, 0.2) is 24.3 Å². The minimum absolute atomic E-state index is 0.0279. The molecule has 0 bridgehead atoms. The maximum absolute atomic E-state index is 12.6. The molecule has 1 aromatic carbocycles. The molecular weight excluding hydrogens is 354 g/mol. The number of nitrogens with one attached hydrogen (secondary N) is 1. The number of benzene rings is 1. The monoisotopic (exact) mass is 387 g/mol. The molecule has 28 heavy (non-hydrogen) atoms. The summed E-state index contributed by atoms with van der Waals surface area (Å²) in [5.74, 6) is -0.200. The Morgan fingerprint density at radius 3 is 2.39 bits per heavy atom. The number of likely N-dealkylation sites (tertiary alicyclic amines) is 1. The van der Waals surface area contributed by atoms with E-state index in [9.17, 15) is 9.59 Å². The summed E-state index contributed by atoms with van der Waals surface area (Å²) in [6.07, 6.45) is 0.786. The molecule has 0 aliphatic carbocycles. The van der Waals surface area contributed by atoms with Crippen molar-refractivity contribution < 1.29 is 14.3 Å². The van der Waals surface area contributed by atoms with Crippen molar-refractivity contribution in [3.8, 4) is 0 Å². The molecule has 2 saturated heterocycles. The second kappa shape index (κ2) is 9.05. The van der Waals surface area contributed by atoms with E-state index < -0.39 is 0 Å². The quantitative estimate of drug-likeness (QED) is 0.813. The van der Waals surface area contributed by atoms with Crippen LogP contribution in [0.4, 0.5) is 0 Å². The second-order valence-electron chi connectivity index (χ2n) is 8.48. The smallest absolute Gasteiger partial charge is 0.225 e. The molecule has 6 heteroatoms. The van der Waals surface area contributed by atoms with Crippen LogP contribution in [0.3, 0.4) is 0 Å². The summed E-state index contributed by atoms with van der Waals surface area (Å²) in [6, 6.07) is 8.40. The second-order valence-corrected chi connectivity index (χ2v) is 8.48. The van der Waals surface area contributed by atoms with Crippen LogP contribution < -0.4 is 5.32 Å². The van der Waals surface area contributed by atoms with Gasteiger partial charge in [-0.2, -0.15) is 0 Å². The van der Waals surface area contributed by atoms with Gasteiger partial charge in [0.25, 0.3) is 0 Å². The fourth-order valence-electron chi connectivity index (χ4n) is 4.27. The summed E-state index contributed by atoms with van der Waals surface area (Å²) in [6.45, 7) is 11.9. The van der Waals surface area contributed by atoms with Gasteiger partial charge in [-0.3, -0.25) is 14.5 Å². The van der Waals surface area contributed by atoms with Gasteiger partial charge in [-0.25, -0.2) is 0 Å². The average Bonchev–Trinajstić information content (AvgIpc) is 3.02. The third kappa shape index (κ3) is 5.11. The summed E-state index contributed by atoms with van der Waals surface area (Å²) >= 11 is 0. The maximum Gasteiger partial charge on any atom is 0.225 e. The molecule has 3 unspecified atom stereocenters. The fraction of sp³-hybridized carbons (Fsp3) is 0.636. The van der Waals surface area contributed by atoms with Gasteiger partial charge in [0.1, 0.15) is 0 Å². The van der Waals surface area contributed by atoms with Crippen molar-refractivity contribution in [1.29, 1.82) is 0 Å². The first-order valence-electron chi connectivity index (χ1n) is 10.3. The molecule has 154 valence electrons. The predicted molar refractivity (Wildman–Crippen MR) is 109 cm³/mol. The Morgan fingerprint density at radius 2 is 1.79 bits per heavy atom. The Bertz CT molecular complexity index is 696. The van der Waals surface area contributed by atoms with Crippen LogP contribution in [0.2, 0.25) is 0 Å². The van der Waals surface area contributed by atoms with E-state index in [2.05, 4.69) is 36.2 Å². The summed E-state index contributed by atoms with van der Waals surface area (Å²) in [5.41, 5.74) is 2.36. The molecule has 2 fully saturated rings. The molecule has 3 atom stereocenters. The summed E-state index contributed by atoms with van der Waals surface area (Å²) in [7, 11) is 0. The van der Waals surface area contributed by atoms with Crippen molar-refractivity contribution in [3.63, 3.8) is 0 Å². The van der Waals surface area contributed by atoms with E-state index in [-0.39, 0.29) is 36.0 Å². The zero-order valence-corrected chi connectivity index (χ0v) is 17.5. The Labute approximate surface area is 168 Å². The molecule has 0 saturated carbocycles. The van der Waals surface area contributed by atoms with Crippen LogP contribution >= 0.6 is 0 Å². The number of amides is 2. The molecule has 3 rings (SSSR count). The predicted octanol–water partition coefficient (Wildman–Crippen LogP) is 2.17. The fourth-order valence-corrected chi connectivity index (χ4v) is 4.27. The van der Waals surface area contributed by atoms with Crippen molar-refractivity contribution in [2.45, 2.75) is 65.5 Å². The number of rotatable bonds is 6. The maximum atomic E-state index is 12.6. The average molecular weight is 388 g/mol. The van der Waals surface area contributed by atoms with E-state index in [0.717, 1.165) is 25.2 Å². The number of ether oxygens (including phenoxy) is 1. The number of hydrogen-bond acceptors (Lipinski definition) is 4.